The second-order valence-electron chi connectivity index (χ2n) is 8.42. The number of benzene rings is 2. The molecular weight excluding hydrogens is 386 g/mol. The van der Waals surface area contributed by atoms with E-state index in [0.717, 1.165) is 37.2 Å². The summed E-state index contributed by atoms with van der Waals surface area (Å²) in [4.78, 5) is 4.91. The molecule has 2 atom stereocenters. The smallest absolute Gasteiger partial charge is 0.123 e. The number of halogens is 2. The van der Waals surface area contributed by atoms with Gasteiger partial charge in [0.15, 0.2) is 0 Å². The van der Waals surface area contributed by atoms with Crippen LogP contribution in [0.2, 0.25) is 0 Å². The summed E-state index contributed by atoms with van der Waals surface area (Å²) < 4.78 is 32.8. The molecule has 0 aliphatic carbocycles. The molecule has 0 spiro atoms. The molecule has 0 amide bonds. The van der Waals surface area contributed by atoms with Crippen LogP contribution in [0, 0.1) is 11.6 Å². The predicted molar refractivity (Wildman–Crippen MR) is 112 cm³/mol. The number of aliphatic hydroxyl groups is 1. The highest BCUT2D eigenvalue weighted by Crippen LogP contribution is 2.27. The van der Waals surface area contributed by atoms with Crippen LogP contribution in [0.15, 0.2) is 48.5 Å². The highest BCUT2D eigenvalue weighted by atomic mass is 19.1. The first kappa shape index (κ1) is 21.4. The number of hydrogen-bond donors (Lipinski definition) is 1. The van der Waals surface area contributed by atoms with Gasteiger partial charge in [-0.25, -0.2) is 8.78 Å². The van der Waals surface area contributed by atoms with Gasteiger partial charge in [0, 0.05) is 19.1 Å². The molecule has 162 valence electrons. The summed E-state index contributed by atoms with van der Waals surface area (Å²) in [6.07, 6.45) is 2.51. The minimum Gasteiger partial charge on any atom is -0.389 e. The van der Waals surface area contributed by atoms with Crippen molar-refractivity contribution in [1.82, 2.24) is 9.80 Å². The Morgan fingerprint density at radius 2 is 1.50 bits per heavy atom. The van der Waals surface area contributed by atoms with E-state index in [-0.39, 0.29) is 18.2 Å². The lowest BCUT2D eigenvalue weighted by molar-refractivity contribution is -0.00898. The van der Waals surface area contributed by atoms with Crippen molar-refractivity contribution in [1.29, 1.82) is 0 Å². The molecule has 0 bridgehead atoms. The molecule has 1 N–H and O–H groups in total. The minimum absolute atomic E-state index is 0.157. The van der Waals surface area contributed by atoms with Crippen molar-refractivity contribution in [2.24, 2.45) is 0 Å². The SMILES string of the molecule is O[C@H](COC(c1ccc(F)cc1)c1ccc(F)cc1)CN1CCCN2CCC[C@H]2C1. The van der Waals surface area contributed by atoms with Crippen LogP contribution in [0.25, 0.3) is 0 Å². The fourth-order valence-electron chi connectivity index (χ4n) is 4.67. The Bertz CT molecular complexity index is 754. The van der Waals surface area contributed by atoms with Crippen LogP contribution in [0.3, 0.4) is 0 Å². The molecule has 0 radical (unpaired) electrons. The molecule has 2 aliphatic heterocycles. The van der Waals surface area contributed by atoms with Crippen LogP contribution in [0.4, 0.5) is 8.78 Å². The average molecular weight is 417 g/mol. The lowest BCUT2D eigenvalue weighted by Crippen LogP contribution is -2.41. The molecule has 0 aromatic heterocycles. The van der Waals surface area contributed by atoms with E-state index >= 15 is 0 Å². The van der Waals surface area contributed by atoms with Crippen LogP contribution in [-0.4, -0.2) is 66.4 Å². The number of ether oxygens (including phenoxy) is 1. The lowest BCUT2D eigenvalue weighted by atomic mass is 10.0. The van der Waals surface area contributed by atoms with Gasteiger partial charge in [-0.1, -0.05) is 24.3 Å². The van der Waals surface area contributed by atoms with Gasteiger partial charge in [0.2, 0.25) is 0 Å². The zero-order valence-corrected chi connectivity index (χ0v) is 17.2. The summed E-state index contributed by atoms with van der Waals surface area (Å²) >= 11 is 0. The van der Waals surface area contributed by atoms with Crippen LogP contribution < -0.4 is 0 Å². The number of fused-ring (bicyclic) bond motifs is 1. The Hall–Kier alpha value is -1.86. The van der Waals surface area contributed by atoms with Crippen molar-refractivity contribution in [3.8, 4) is 0 Å². The van der Waals surface area contributed by atoms with Crippen molar-refractivity contribution in [3.63, 3.8) is 0 Å². The molecule has 2 aliphatic rings. The molecule has 6 heteroatoms. The molecule has 0 unspecified atom stereocenters. The van der Waals surface area contributed by atoms with Crippen molar-refractivity contribution >= 4 is 0 Å². The summed E-state index contributed by atoms with van der Waals surface area (Å²) in [6, 6.07) is 12.8. The molecule has 2 aromatic carbocycles. The van der Waals surface area contributed by atoms with Gasteiger partial charge in [0.1, 0.15) is 17.7 Å². The summed E-state index contributed by atoms with van der Waals surface area (Å²) in [7, 11) is 0. The highest BCUT2D eigenvalue weighted by molar-refractivity contribution is 5.30. The zero-order chi connectivity index (χ0) is 20.9. The minimum atomic E-state index is -0.624. The van der Waals surface area contributed by atoms with E-state index in [9.17, 15) is 13.9 Å². The molecule has 2 aromatic rings. The van der Waals surface area contributed by atoms with Gasteiger partial charge in [-0.3, -0.25) is 9.80 Å². The topological polar surface area (TPSA) is 35.9 Å². The molecule has 30 heavy (non-hydrogen) atoms. The number of hydrogen-bond acceptors (Lipinski definition) is 4. The van der Waals surface area contributed by atoms with Gasteiger partial charge in [0.05, 0.1) is 12.7 Å². The molecule has 2 heterocycles. The number of nitrogens with zero attached hydrogens (tertiary/aromatic N) is 2. The highest BCUT2D eigenvalue weighted by Gasteiger charge is 2.29. The monoisotopic (exact) mass is 416 g/mol. The maximum atomic E-state index is 13.4. The molecule has 4 rings (SSSR count). The molecule has 0 saturated carbocycles. The first-order valence-electron chi connectivity index (χ1n) is 10.9. The summed E-state index contributed by atoms with van der Waals surface area (Å²) in [5, 5.41) is 10.7. The van der Waals surface area contributed by atoms with Crippen LogP contribution in [0.1, 0.15) is 36.5 Å². The Balaban J connectivity index is 1.39. The standard InChI is InChI=1S/C24H30F2N2O2/c25-20-8-4-18(5-9-20)24(19-6-10-21(26)11-7-19)30-17-23(29)16-27-12-2-14-28-13-1-3-22(28)15-27/h4-11,22-24,29H,1-3,12-17H2/t22-,23-/m0/s1. The third-order valence-corrected chi connectivity index (χ3v) is 6.16. The molecule has 4 nitrogen and oxygen atoms in total. The van der Waals surface area contributed by atoms with Gasteiger partial charge in [0.25, 0.3) is 0 Å². The van der Waals surface area contributed by atoms with Gasteiger partial charge in [-0.05, 0) is 74.3 Å². The van der Waals surface area contributed by atoms with Crippen molar-refractivity contribution < 1.29 is 18.6 Å². The normalized spacial score (nSPS) is 21.5. The number of β-amino-alcohol motifs (C(OH)–C–C–N with tert-alkyl or cyclic N) is 1. The summed E-state index contributed by atoms with van der Waals surface area (Å²) in [5.74, 6) is -0.641. The first-order valence-corrected chi connectivity index (χ1v) is 10.9. The fourth-order valence-corrected chi connectivity index (χ4v) is 4.67. The Morgan fingerprint density at radius 1 is 0.900 bits per heavy atom. The number of rotatable bonds is 7. The Kier molecular flexibility index (Phi) is 7.10. The maximum Gasteiger partial charge on any atom is 0.123 e. The number of aliphatic hydroxyl groups excluding tert-OH is 1. The lowest BCUT2D eigenvalue weighted by Gasteiger charge is -2.28. The predicted octanol–water partition coefficient (Wildman–Crippen LogP) is 3.60. The van der Waals surface area contributed by atoms with Crippen molar-refractivity contribution in [3.05, 3.63) is 71.3 Å². The zero-order valence-electron chi connectivity index (χ0n) is 17.2. The van der Waals surface area contributed by atoms with E-state index in [1.807, 2.05) is 0 Å². The Morgan fingerprint density at radius 3 is 2.13 bits per heavy atom. The second kappa shape index (κ2) is 9.96. The second-order valence-corrected chi connectivity index (χ2v) is 8.42. The van der Waals surface area contributed by atoms with Gasteiger partial charge >= 0.3 is 0 Å². The summed E-state index contributed by atoms with van der Waals surface area (Å²) in [5.41, 5.74) is 1.54. The summed E-state index contributed by atoms with van der Waals surface area (Å²) in [6.45, 7) is 5.06. The van der Waals surface area contributed by atoms with Crippen LogP contribution >= 0.6 is 0 Å². The molecule has 2 saturated heterocycles. The van der Waals surface area contributed by atoms with Gasteiger partial charge in [-0.15, -0.1) is 0 Å². The van der Waals surface area contributed by atoms with E-state index in [1.54, 1.807) is 24.3 Å². The first-order chi connectivity index (χ1) is 14.6. The largest absolute Gasteiger partial charge is 0.389 e. The van der Waals surface area contributed by atoms with Crippen molar-refractivity contribution in [2.75, 3.05) is 39.3 Å². The van der Waals surface area contributed by atoms with E-state index in [2.05, 4.69) is 9.80 Å². The maximum absolute atomic E-state index is 13.4. The fraction of sp³-hybridized carbons (Fsp3) is 0.500. The van der Waals surface area contributed by atoms with Gasteiger partial charge in [-0.2, -0.15) is 0 Å². The quantitative estimate of drug-likeness (QED) is 0.748. The van der Waals surface area contributed by atoms with E-state index < -0.39 is 12.2 Å². The van der Waals surface area contributed by atoms with E-state index in [1.165, 1.54) is 43.7 Å². The third-order valence-electron chi connectivity index (χ3n) is 6.16. The van der Waals surface area contributed by atoms with E-state index in [4.69, 9.17) is 4.74 Å². The van der Waals surface area contributed by atoms with Crippen LogP contribution in [-0.2, 0) is 4.74 Å². The van der Waals surface area contributed by atoms with Gasteiger partial charge < -0.3 is 9.84 Å². The van der Waals surface area contributed by atoms with Crippen molar-refractivity contribution in [2.45, 2.75) is 37.5 Å². The van der Waals surface area contributed by atoms with E-state index in [0.29, 0.717) is 12.6 Å². The molecular formula is C24H30F2N2O2. The molecule has 2 fully saturated rings. The third kappa shape index (κ3) is 5.43. The van der Waals surface area contributed by atoms with Crippen LogP contribution in [0.5, 0.6) is 0 Å². The Labute approximate surface area is 177 Å². The average Bonchev–Trinajstić information content (AvgIpc) is 3.09.